The molecule has 28 heavy (non-hydrogen) atoms. The zero-order valence-corrected chi connectivity index (χ0v) is 17.6. The number of amides is 2. The highest BCUT2D eigenvalue weighted by molar-refractivity contribution is 9.10. The highest BCUT2D eigenvalue weighted by Crippen LogP contribution is 2.21. The van der Waals surface area contributed by atoms with Crippen LogP contribution in [0, 0.1) is 0 Å². The van der Waals surface area contributed by atoms with E-state index in [9.17, 15) is 14.4 Å². The van der Waals surface area contributed by atoms with Gasteiger partial charge in [-0.2, -0.15) is 0 Å². The molecule has 0 fully saturated rings. The Morgan fingerprint density at radius 1 is 1.04 bits per heavy atom. The third-order valence-corrected chi connectivity index (χ3v) is 4.48. The van der Waals surface area contributed by atoms with Crippen molar-refractivity contribution in [3.05, 3.63) is 57.5 Å². The molecule has 0 aliphatic rings. The summed E-state index contributed by atoms with van der Waals surface area (Å²) in [4.78, 5) is 35.6. The molecule has 0 unspecified atom stereocenters. The van der Waals surface area contributed by atoms with Crippen molar-refractivity contribution in [2.24, 2.45) is 0 Å². The van der Waals surface area contributed by atoms with Gasteiger partial charge in [0.1, 0.15) is 0 Å². The van der Waals surface area contributed by atoms with Crippen molar-refractivity contribution < 1.29 is 19.1 Å². The zero-order valence-electron chi connectivity index (χ0n) is 15.3. The lowest BCUT2D eigenvalue weighted by Gasteiger charge is -2.11. The van der Waals surface area contributed by atoms with E-state index in [1.165, 1.54) is 0 Å². The molecule has 2 aromatic carbocycles. The molecule has 8 heteroatoms. The van der Waals surface area contributed by atoms with E-state index >= 15 is 0 Å². The van der Waals surface area contributed by atoms with Crippen LogP contribution in [0.5, 0.6) is 0 Å². The molecule has 2 aromatic rings. The molecule has 0 atom stereocenters. The number of carbonyl (C=O) groups excluding carboxylic acids is 3. The highest BCUT2D eigenvalue weighted by atomic mass is 79.9. The first-order valence-electron chi connectivity index (χ1n) is 8.66. The summed E-state index contributed by atoms with van der Waals surface area (Å²) in [5, 5.41) is 5.86. The molecule has 0 radical (unpaired) electrons. The van der Waals surface area contributed by atoms with Crippen molar-refractivity contribution in [2.45, 2.75) is 26.2 Å². The fraction of sp³-hybridized carbons (Fsp3) is 0.250. The molecule has 2 rings (SSSR count). The quantitative estimate of drug-likeness (QED) is 0.557. The van der Waals surface area contributed by atoms with E-state index < -0.39 is 18.5 Å². The van der Waals surface area contributed by atoms with Crippen LogP contribution in [0.25, 0.3) is 0 Å². The van der Waals surface area contributed by atoms with Gasteiger partial charge in [0.2, 0.25) is 5.91 Å². The molecule has 2 amide bonds. The second-order valence-electron chi connectivity index (χ2n) is 5.92. The summed E-state index contributed by atoms with van der Waals surface area (Å²) in [6, 6.07) is 12.2. The predicted molar refractivity (Wildman–Crippen MR) is 112 cm³/mol. The van der Waals surface area contributed by atoms with Crippen LogP contribution in [0.1, 0.15) is 25.3 Å². The van der Waals surface area contributed by atoms with Crippen LogP contribution < -0.4 is 10.6 Å². The average Bonchev–Trinajstić information content (AvgIpc) is 2.66. The predicted octanol–water partition coefficient (Wildman–Crippen LogP) is 4.57. The Bertz CT molecular complexity index is 873. The number of hydrogen-bond donors (Lipinski definition) is 2. The van der Waals surface area contributed by atoms with Gasteiger partial charge in [-0.15, -0.1) is 0 Å². The van der Waals surface area contributed by atoms with Crippen molar-refractivity contribution in [2.75, 3.05) is 17.2 Å². The Labute approximate surface area is 176 Å². The second-order valence-corrected chi connectivity index (χ2v) is 7.27. The van der Waals surface area contributed by atoms with Crippen LogP contribution in [0.4, 0.5) is 11.4 Å². The molecule has 0 saturated carbocycles. The van der Waals surface area contributed by atoms with E-state index in [1.54, 1.807) is 30.3 Å². The Kier molecular flexibility index (Phi) is 8.47. The van der Waals surface area contributed by atoms with Gasteiger partial charge in [0, 0.05) is 27.3 Å². The summed E-state index contributed by atoms with van der Waals surface area (Å²) < 4.78 is 5.85. The maximum Gasteiger partial charge on any atom is 0.306 e. The molecule has 0 aliphatic heterocycles. The van der Waals surface area contributed by atoms with Crippen molar-refractivity contribution >= 4 is 56.7 Å². The first-order valence-corrected chi connectivity index (χ1v) is 9.83. The Morgan fingerprint density at radius 3 is 2.54 bits per heavy atom. The third-order valence-electron chi connectivity index (χ3n) is 3.75. The number of ether oxygens (including phenoxy) is 1. The van der Waals surface area contributed by atoms with E-state index in [0.717, 1.165) is 16.5 Å². The minimum absolute atomic E-state index is 0.0559. The topological polar surface area (TPSA) is 84.5 Å². The van der Waals surface area contributed by atoms with Crippen molar-refractivity contribution in [3.63, 3.8) is 0 Å². The normalized spacial score (nSPS) is 10.2. The molecular formula is C20H20BrClN2O4. The molecule has 148 valence electrons. The van der Waals surface area contributed by atoms with Crippen LogP contribution in [-0.4, -0.2) is 24.4 Å². The Morgan fingerprint density at radius 2 is 1.82 bits per heavy atom. The molecular weight excluding hydrogens is 448 g/mol. The Balaban J connectivity index is 1.73. The van der Waals surface area contributed by atoms with Gasteiger partial charge in [-0.25, -0.2) is 0 Å². The van der Waals surface area contributed by atoms with E-state index in [4.69, 9.17) is 16.3 Å². The maximum absolute atomic E-state index is 12.0. The molecule has 0 saturated heterocycles. The highest BCUT2D eigenvalue weighted by Gasteiger charge is 2.12. The smallest absolute Gasteiger partial charge is 0.306 e. The van der Waals surface area contributed by atoms with Crippen molar-refractivity contribution in [3.8, 4) is 0 Å². The van der Waals surface area contributed by atoms with Gasteiger partial charge in [0.15, 0.2) is 6.61 Å². The number of nitrogens with one attached hydrogen (secondary N) is 2. The van der Waals surface area contributed by atoms with Crippen LogP contribution in [0.15, 0.2) is 46.9 Å². The third kappa shape index (κ3) is 7.32. The van der Waals surface area contributed by atoms with Crippen molar-refractivity contribution in [1.29, 1.82) is 0 Å². The number of benzene rings is 2. The van der Waals surface area contributed by atoms with E-state index in [2.05, 4.69) is 26.6 Å². The van der Waals surface area contributed by atoms with Crippen LogP contribution >= 0.6 is 27.5 Å². The first-order chi connectivity index (χ1) is 13.4. The number of esters is 1. The lowest BCUT2D eigenvalue weighted by molar-refractivity contribution is -0.147. The number of aryl methyl sites for hydroxylation is 1. The second kappa shape index (κ2) is 10.8. The minimum Gasteiger partial charge on any atom is -0.456 e. The molecule has 0 bridgehead atoms. The summed E-state index contributed by atoms with van der Waals surface area (Å²) in [6.45, 7) is 1.57. The summed E-state index contributed by atoms with van der Waals surface area (Å²) in [6.07, 6.45) is 0.564. The van der Waals surface area contributed by atoms with Gasteiger partial charge in [-0.1, -0.05) is 40.5 Å². The SMILES string of the molecule is CCc1cc(Br)ccc1NC(=O)COC(=O)CCC(=O)Nc1cccc(Cl)c1. The molecule has 0 aromatic heterocycles. The molecule has 0 spiro atoms. The monoisotopic (exact) mass is 466 g/mol. The largest absolute Gasteiger partial charge is 0.456 e. The van der Waals surface area contributed by atoms with Crippen LogP contribution in [-0.2, 0) is 25.5 Å². The molecule has 0 aliphatic carbocycles. The van der Waals surface area contributed by atoms with Gasteiger partial charge >= 0.3 is 5.97 Å². The number of carbonyl (C=O) groups is 3. The summed E-state index contributed by atoms with van der Waals surface area (Å²) in [5.74, 6) is -1.40. The number of hydrogen-bond acceptors (Lipinski definition) is 4. The summed E-state index contributed by atoms with van der Waals surface area (Å²) >= 11 is 9.23. The molecule has 0 heterocycles. The lowest BCUT2D eigenvalue weighted by Crippen LogP contribution is -2.22. The van der Waals surface area contributed by atoms with Gasteiger partial charge in [-0.3, -0.25) is 14.4 Å². The number of halogens is 2. The average molecular weight is 468 g/mol. The van der Waals surface area contributed by atoms with E-state index in [0.29, 0.717) is 16.4 Å². The van der Waals surface area contributed by atoms with Gasteiger partial charge < -0.3 is 15.4 Å². The van der Waals surface area contributed by atoms with Gasteiger partial charge in [-0.05, 0) is 48.4 Å². The fourth-order valence-electron chi connectivity index (χ4n) is 2.39. The van der Waals surface area contributed by atoms with Crippen LogP contribution in [0.2, 0.25) is 5.02 Å². The van der Waals surface area contributed by atoms with E-state index in [1.807, 2.05) is 19.1 Å². The van der Waals surface area contributed by atoms with E-state index in [-0.39, 0.29) is 18.7 Å². The van der Waals surface area contributed by atoms with Gasteiger partial charge in [0.05, 0.1) is 6.42 Å². The lowest BCUT2D eigenvalue weighted by atomic mass is 10.1. The maximum atomic E-state index is 12.0. The van der Waals surface area contributed by atoms with Crippen molar-refractivity contribution in [1.82, 2.24) is 0 Å². The van der Waals surface area contributed by atoms with Crippen LogP contribution in [0.3, 0.4) is 0 Å². The fourth-order valence-corrected chi connectivity index (χ4v) is 2.99. The number of anilines is 2. The Hall–Kier alpha value is -2.38. The zero-order chi connectivity index (χ0) is 20.5. The standard InChI is InChI=1S/C20H20BrClN2O4/c1-2-13-10-14(21)6-7-17(13)24-19(26)12-28-20(27)9-8-18(25)23-16-5-3-4-15(22)11-16/h3-7,10-11H,2,8-9,12H2,1H3,(H,23,25)(H,24,26). The molecule has 2 N–H and O–H groups in total. The number of rotatable bonds is 8. The first kappa shape index (κ1) is 21.9. The van der Waals surface area contributed by atoms with Gasteiger partial charge in [0.25, 0.3) is 5.91 Å². The summed E-state index contributed by atoms with van der Waals surface area (Å²) in [7, 11) is 0. The summed E-state index contributed by atoms with van der Waals surface area (Å²) in [5.41, 5.74) is 2.19. The molecule has 6 nitrogen and oxygen atoms in total. The minimum atomic E-state index is -0.622.